The molecule has 88 valence electrons. The lowest BCUT2D eigenvalue weighted by Gasteiger charge is -2.15. The van der Waals surface area contributed by atoms with Gasteiger partial charge in [-0.3, -0.25) is 0 Å². The largest absolute Gasteiger partial charge is 0.487 e. The van der Waals surface area contributed by atoms with Crippen LogP contribution in [-0.2, 0) is 9.47 Å². The van der Waals surface area contributed by atoms with Crippen LogP contribution in [0.15, 0.2) is 22.9 Å². The van der Waals surface area contributed by atoms with Gasteiger partial charge in [-0.25, -0.2) is 4.98 Å². The van der Waals surface area contributed by atoms with Crippen LogP contribution in [-0.4, -0.2) is 31.1 Å². The minimum atomic E-state index is -0.383. The van der Waals surface area contributed by atoms with Gasteiger partial charge < -0.3 is 14.2 Å². The van der Waals surface area contributed by atoms with Crippen LogP contribution < -0.4 is 4.74 Å². The molecule has 0 N–H and O–H groups in total. The summed E-state index contributed by atoms with van der Waals surface area (Å²) >= 11 is 3.25. The summed E-state index contributed by atoms with van der Waals surface area (Å²) in [5.41, 5.74) is 0. The number of hydrogen-bond donors (Lipinski definition) is 0. The van der Waals surface area contributed by atoms with E-state index in [-0.39, 0.29) is 6.29 Å². The van der Waals surface area contributed by atoms with Gasteiger partial charge >= 0.3 is 0 Å². The quantitative estimate of drug-likeness (QED) is 0.439. The van der Waals surface area contributed by atoms with Crippen molar-refractivity contribution >= 4 is 15.9 Å². The Labute approximate surface area is 104 Å². The molecule has 1 heterocycles. The van der Waals surface area contributed by atoms with Crippen molar-refractivity contribution in [3.63, 3.8) is 0 Å². The van der Waals surface area contributed by atoms with E-state index in [1.54, 1.807) is 6.20 Å². The van der Waals surface area contributed by atoms with Gasteiger partial charge in [-0.15, -0.1) is 0 Å². The smallest absolute Gasteiger partial charge is 0.196 e. The molecule has 0 bridgehead atoms. The van der Waals surface area contributed by atoms with Crippen molar-refractivity contribution in [3.05, 3.63) is 29.9 Å². The van der Waals surface area contributed by atoms with Gasteiger partial charge in [0.15, 0.2) is 12.9 Å². The molecule has 0 fully saturated rings. The van der Waals surface area contributed by atoms with E-state index in [0.717, 1.165) is 4.60 Å². The third-order valence-corrected chi connectivity index (χ3v) is 2.21. The summed E-state index contributed by atoms with van der Waals surface area (Å²) < 4.78 is 16.8. The number of ether oxygens (including phenoxy) is 3. The van der Waals surface area contributed by atoms with Crippen LogP contribution in [0.5, 0.6) is 5.75 Å². The Hall–Kier alpha value is -0.780. The van der Waals surface area contributed by atoms with E-state index in [2.05, 4.69) is 27.8 Å². The number of hydrogen-bond acceptors (Lipinski definition) is 4. The molecule has 1 unspecified atom stereocenters. The monoisotopic (exact) mass is 288 g/mol. The van der Waals surface area contributed by atoms with E-state index in [1.807, 2.05) is 19.1 Å². The molecule has 0 saturated heterocycles. The van der Waals surface area contributed by atoms with Gasteiger partial charge in [-0.2, -0.15) is 0 Å². The molecular formula is C11H15BrNO3+. The first-order chi connectivity index (χ1) is 7.76. The molecule has 1 aromatic rings. The fraction of sp³-hybridized carbons (Fsp3) is 0.455. The first-order valence-electron chi connectivity index (χ1n) is 5.03. The van der Waals surface area contributed by atoms with Crippen LogP contribution in [0.2, 0.25) is 0 Å². The van der Waals surface area contributed by atoms with E-state index < -0.39 is 0 Å². The first kappa shape index (κ1) is 13.3. The lowest BCUT2D eigenvalue weighted by molar-refractivity contribution is -0.148. The van der Waals surface area contributed by atoms with E-state index in [4.69, 9.17) is 14.2 Å². The standard InChI is InChI=1S/C11H15BrNO3/c1-3-14-11(15-4-2)8-16-9-5-6-10(12)13-7-9/h5-7,11H,1,3-4,8H2,2H3/q+1. The SMILES string of the molecule is [CH2+]COC(COc1ccc(Br)nc1)OCC. The highest BCUT2D eigenvalue weighted by atomic mass is 79.9. The van der Waals surface area contributed by atoms with Crippen molar-refractivity contribution in [2.24, 2.45) is 0 Å². The fourth-order valence-electron chi connectivity index (χ4n) is 1.07. The summed E-state index contributed by atoms with van der Waals surface area (Å²) in [7, 11) is 0. The highest BCUT2D eigenvalue weighted by Gasteiger charge is 2.10. The van der Waals surface area contributed by atoms with E-state index in [1.165, 1.54) is 0 Å². The van der Waals surface area contributed by atoms with Crippen molar-refractivity contribution in [2.45, 2.75) is 13.2 Å². The second-order valence-corrected chi connectivity index (χ2v) is 3.70. The molecule has 5 heteroatoms. The van der Waals surface area contributed by atoms with Crippen molar-refractivity contribution in [3.8, 4) is 5.75 Å². The van der Waals surface area contributed by atoms with E-state index in [9.17, 15) is 0 Å². The highest BCUT2D eigenvalue weighted by Crippen LogP contribution is 2.13. The predicted octanol–water partition coefficient (Wildman–Crippen LogP) is 2.44. The van der Waals surface area contributed by atoms with Crippen LogP contribution in [0.4, 0.5) is 0 Å². The van der Waals surface area contributed by atoms with E-state index >= 15 is 0 Å². The molecule has 0 radical (unpaired) electrons. The third kappa shape index (κ3) is 4.83. The molecule has 1 aromatic heterocycles. The second-order valence-electron chi connectivity index (χ2n) is 2.88. The molecule has 0 aliphatic heterocycles. The minimum Gasteiger partial charge on any atom is -0.487 e. The Morgan fingerprint density at radius 2 is 2.25 bits per heavy atom. The Balaban J connectivity index is 2.38. The van der Waals surface area contributed by atoms with Crippen molar-refractivity contribution in [2.75, 3.05) is 19.8 Å². The molecule has 1 atom stereocenters. The Bertz CT molecular complexity index is 286. The maximum atomic E-state index is 5.47. The molecule has 0 spiro atoms. The molecule has 0 amide bonds. The van der Waals surface area contributed by atoms with Gasteiger partial charge in [0.25, 0.3) is 0 Å². The zero-order chi connectivity index (χ0) is 11.8. The zero-order valence-electron chi connectivity index (χ0n) is 9.19. The molecule has 1 rings (SSSR count). The number of pyridine rings is 1. The Morgan fingerprint density at radius 1 is 1.44 bits per heavy atom. The van der Waals surface area contributed by atoms with Crippen LogP contribution in [0.1, 0.15) is 6.92 Å². The molecule has 0 aromatic carbocycles. The normalized spacial score (nSPS) is 12.4. The zero-order valence-corrected chi connectivity index (χ0v) is 10.8. The lowest BCUT2D eigenvalue weighted by atomic mass is 10.5. The highest BCUT2D eigenvalue weighted by molar-refractivity contribution is 9.10. The molecule has 0 aliphatic rings. The second kappa shape index (κ2) is 7.49. The average molecular weight is 289 g/mol. The Kier molecular flexibility index (Phi) is 6.22. The topological polar surface area (TPSA) is 40.6 Å². The number of aromatic nitrogens is 1. The van der Waals surface area contributed by atoms with Gasteiger partial charge in [0.1, 0.15) is 17.0 Å². The summed E-state index contributed by atoms with van der Waals surface area (Å²) in [6.45, 7) is 6.76. The summed E-state index contributed by atoms with van der Waals surface area (Å²) in [4.78, 5) is 4.05. The third-order valence-electron chi connectivity index (χ3n) is 1.74. The lowest BCUT2D eigenvalue weighted by Crippen LogP contribution is -2.25. The first-order valence-corrected chi connectivity index (χ1v) is 5.82. The van der Waals surface area contributed by atoms with E-state index in [0.29, 0.717) is 25.6 Å². The van der Waals surface area contributed by atoms with Gasteiger partial charge in [0.05, 0.1) is 13.1 Å². The Morgan fingerprint density at radius 3 is 2.81 bits per heavy atom. The van der Waals surface area contributed by atoms with Gasteiger partial charge in [-0.1, -0.05) is 0 Å². The summed E-state index contributed by atoms with van der Waals surface area (Å²) in [5.74, 6) is 0.681. The van der Waals surface area contributed by atoms with Crippen LogP contribution >= 0.6 is 15.9 Å². The predicted molar refractivity (Wildman–Crippen MR) is 64.2 cm³/mol. The maximum absolute atomic E-state index is 5.47. The van der Waals surface area contributed by atoms with Crippen molar-refractivity contribution in [1.29, 1.82) is 0 Å². The molecule has 0 aliphatic carbocycles. The number of nitrogens with zero attached hydrogens (tertiary/aromatic N) is 1. The average Bonchev–Trinajstić information content (AvgIpc) is 2.29. The van der Waals surface area contributed by atoms with Crippen molar-refractivity contribution in [1.82, 2.24) is 4.98 Å². The van der Waals surface area contributed by atoms with Gasteiger partial charge in [-0.05, 0) is 35.0 Å². The molecule has 4 nitrogen and oxygen atoms in total. The molecule has 0 saturated carbocycles. The fourth-order valence-corrected chi connectivity index (χ4v) is 1.31. The number of rotatable bonds is 7. The summed E-state index contributed by atoms with van der Waals surface area (Å²) in [6, 6.07) is 3.64. The van der Waals surface area contributed by atoms with Gasteiger partial charge in [0, 0.05) is 6.61 Å². The molecular weight excluding hydrogens is 274 g/mol. The minimum absolute atomic E-state index is 0.326. The van der Waals surface area contributed by atoms with Crippen LogP contribution in [0, 0.1) is 6.92 Å². The van der Waals surface area contributed by atoms with Gasteiger partial charge in [0.2, 0.25) is 0 Å². The summed E-state index contributed by atoms with van der Waals surface area (Å²) in [5, 5.41) is 0. The number of halogens is 1. The van der Waals surface area contributed by atoms with Crippen molar-refractivity contribution < 1.29 is 14.2 Å². The van der Waals surface area contributed by atoms with Crippen LogP contribution in [0.25, 0.3) is 0 Å². The maximum Gasteiger partial charge on any atom is 0.196 e. The van der Waals surface area contributed by atoms with Crippen LogP contribution in [0.3, 0.4) is 0 Å². The summed E-state index contributed by atoms with van der Waals surface area (Å²) in [6.07, 6.45) is 1.25. The molecule has 16 heavy (non-hydrogen) atoms.